The molecule has 0 aromatic carbocycles. The molecule has 0 aliphatic carbocycles. The highest BCUT2D eigenvalue weighted by atomic mass is 35.5. The zero-order chi connectivity index (χ0) is 19.9. The fourth-order valence-electron chi connectivity index (χ4n) is 2.35. The van der Waals surface area contributed by atoms with Gasteiger partial charge in [-0.3, -0.25) is 0 Å². The normalized spacial score (nSPS) is 13.7. The molecule has 0 aliphatic heterocycles. The molecule has 147 valence electrons. The zero-order valence-corrected chi connectivity index (χ0v) is 19.1. The lowest BCUT2D eigenvalue weighted by molar-refractivity contribution is 0.290. The molecule has 2 aromatic rings. The highest BCUT2D eigenvalue weighted by Gasteiger charge is 2.26. The van der Waals surface area contributed by atoms with Gasteiger partial charge in [0.2, 0.25) is 0 Å². The van der Waals surface area contributed by atoms with Crippen molar-refractivity contribution in [2.75, 3.05) is 20.7 Å². The summed E-state index contributed by atoms with van der Waals surface area (Å²) in [6.45, 7) is 11.4. The second-order valence-corrected chi connectivity index (χ2v) is 15.3. The molecule has 0 saturated heterocycles. The van der Waals surface area contributed by atoms with Crippen LogP contribution in [0.25, 0.3) is 10.9 Å². The van der Waals surface area contributed by atoms with Gasteiger partial charge < -0.3 is 4.43 Å². The highest BCUT2D eigenvalue weighted by Crippen LogP contribution is 2.36. The molecular weight excluding hydrogens is 390 g/mol. The van der Waals surface area contributed by atoms with Crippen LogP contribution in [0, 0.1) is 0 Å². The number of hydrogen-bond acceptors (Lipinski definition) is 4. The molecule has 0 fully saturated rings. The minimum Gasteiger partial charge on any atom is -0.564 e. The maximum atomic E-state index is 12.9. The van der Waals surface area contributed by atoms with Gasteiger partial charge in [-0.25, -0.2) is 8.96 Å². The number of hydrogen-bond donors (Lipinski definition) is 0. The molecule has 2 heterocycles. The largest absolute Gasteiger partial charge is 0.564 e. The van der Waals surface area contributed by atoms with E-state index in [4.69, 9.17) is 16.0 Å². The van der Waals surface area contributed by atoms with E-state index in [9.17, 15) is 8.42 Å². The van der Waals surface area contributed by atoms with Crippen molar-refractivity contribution in [2.45, 2.75) is 45.3 Å². The van der Waals surface area contributed by atoms with Gasteiger partial charge in [0.05, 0.1) is 5.52 Å². The minimum atomic E-state index is -3.68. The first-order valence-electron chi connectivity index (χ1n) is 8.50. The molecule has 0 N–H and O–H groups in total. The van der Waals surface area contributed by atoms with E-state index >= 15 is 0 Å². The van der Waals surface area contributed by atoms with E-state index in [1.54, 1.807) is 12.3 Å². The summed E-state index contributed by atoms with van der Waals surface area (Å²) < 4.78 is 34.5. The van der Waals surface area contributed by atoms with Crippen LogP contribution in [-0.2, 0) is 21.1 Å². The van der Waals surface area contributed by atoms with Crippen molar-refractivity contribution in [2.24, 2.45) is 0 Å². The Morgan fingerprint density at radius 3 is 2.42 bits per heavy atom. The zero-order valence-electron chi connectivity index (χ0n) is 16.5. The molecule has 9 heteroatoms. The van der Waals surface area contributed by atoms with Crippen LogP contribution in [0.5, 0.6) is 0 Å². The standard InChI is InChI=1S/C17H28ClN3O3SSi/c1-17(2,3)26(6,7)24-9-8-14-10-13-12-19-16(18)11-15(13)21(14)25(22,23)20(4)5/h10-12H,8-9H2,1-7H3/q-1. The van der Waals surface area contributed by atoms with Gasteiger partial charge in [0.25, 0.3) is 0 Å². The number of pyridine rings is 1. The molecule has 0 atom stereocenters. The van der Waals surface area contributed by atoms with Crippen molar-refractivity contribution in [3.63, 3.8) is 0 Å². The molecule has 0 radical (unpaired) electrons. The van der Waals surface area contributed by atoms with Gasteiger partial charge in [0.1, 0.15) is 5.15 Å². The Hall–Kier alpha value is -0.933. The molecule has 0 bridgehead atoms. The fraction of sp³-hybridized carbons (Fsp3) is 0.588. The second kappa shape index (κ2) is 7.24. The number of aromatic nitrogens is 2. The summed E-state index contributed by atoms with van der Waals surface area (Å²) in [7, 11) is -2.55. The van der Waals surface area contributed by atoms with Gasteiger partial charge in [0, 0.05) is 50.5 Å². The summed E-state index contributed by atoms with van der Waals surface area (Å²) in [5, 5.41) is 1.10. The van der Waals surface area contributed by atoms with Crippen molar-refractivity contribution < 1.29 is 12.8 Å². The minimum absolute atomic E-state index is 0.104. The molecule has 26 heavy (non-hydrogen) atoms. The molecule has 0 unspecified atom stereocenters. The summed E-state index contributed by atoms with van der Waals surface area (Å²) in [6.07, 6.45) is 2.09. The van der Waals surface area contributed by atoms with Crippen LogP contribution in [0.1, 0.15) is 26.5 Å². The molecule has 2 aromatic heterocycles. The summed E-state index contributed by atoms with van der Waals surface area (Å²) in [6, 6.07) is 3.42. The van der Waals surface area contributed by atoms with E-state index in [0.717, 1.165) is 5.39 Å². The lowest BCUT2D eigenvalue weighted by Gasteiger charge is -2.48. The van der Waals surface area contributed by atoms with Crippen LogP contribution in [-0.4, -0.2) is 50.7 Å². The third kappa shape index (κ3) is 4.14. The van der Waals surface area contributed by atoms with Crippen LogP contribution in [0.3, 0.4) is 0 Å². The maximum Gasteiger partial charge on any atom is 0.307 e. The van der Waals surface area contributed by atoms with E-state index in [1.165, 1.54) is 22.4 Å². The topological polar surface area (TPSA) is 64.4 Å². The predicted octanol–water partition coefficient (Wildman–Crippen LogP) is 3.91. The van der Waals surface area contributed by atoms with E-state index in [2.05, 4.69) is 38.8 Å². The lowest BCUT2D eigenvalue weighted by Crippen LogP contribution is -2.41. The molecule has 2 rings (SSSR count). The van der Waals surface area contributed by atoms with E-state index < -0.39 is 18.5 Å². The Morgan fingerprint density at radius 2 is 1.88 bits per heavy atom. The van der Waals surface area contributed by atoms with Crippen LogP contribution in [0.4, 0.5) is 0 Å². The predicted molar refractivity (Wildman–Crippen MR) is 110 cm³/mol. The quantitative estimate of drug-likeness (QED) is 0.528. The number of nitrogens with zero attached hydrogens (tertiary/aromatic N) is 3. The van der Waals surface area contributed by atoms with Gasteiger partial charge >= 0.3 is 10.2 Å². The van der Waals surface area contributed by atoms with Gasteiger partial charge in [-0.15, -0.1) is 18.1 Å². The maximum absolute atomic E-state index is 12.9. The van der Waals surface area contributed by atoms with Crippen LogP contribution in [0.2, 0.25) is 23.3 Å². The van der Waals surface area contributed by atoms with E-state index in [-0.39, 0.29) is 10.2 Å². The third-order valence-electron chi connectivity index (χ3n) is 5.00. The third-order valence-corrected chi connectivity index (χ3v) is 11.6. The first kappa shape index (κ1) is 21.4. The first-order chi connectivity index (χ1) is 11.8. The fourth-order valence-corrected chi connectivity index (χ4v) is 4.72. The van der Waals surface area contributed by atoms with Crippen molar-refractivity contribution in [1.82, 2.24) is 13.3 Å². The SMILES string of the molecule is CN(C)S(=O)(=O)n1c(CCO[Si-](C)(C)C(C)(C)C)cc2cnc(Cl)cc21. The van der Waals surface area contributed by atoms with Crippen molar-refractivity contribution in [1.29, 1.82) is 0 Å². The Labute approximate surface area is 162 Å². The summed E-state index contributed by atoms with van der Waals surface area (Å²) >= 11 is 5.99. The summed E-state index contributed by atoms with van der Waals surface area (Å²) in [5.41, 5.74) is 1.19. The Bertz CT molecular complexity index is 902. The number of fused-ring (bicyclic) bond motifs is 1. The Morgan fingerprint density at radius 1 is 1.27 bits per heavy atom. The molecule has 6 nitrogen and oxygen atoms in total. The van der Waals surface area contributed by atoms with Crippen molar-refractivity contribution in [3.8, 4) is 0 Å². The molecule has 0 saturated carbocycles. The average molecular weight is 418 g/mol. The van der Waals surface area contributed by atoms with Gasteiger partial charge in [-0.05, 0) is 14.4 Å². The Balaban J connectivity index is 2.42. The average Bonchev–Trinajstić information content (AvgIpc) is 2.83. The molecule has 0 amide bonds. The lowest BCUT2D eigenvalue weighted by atomic mass is 10.2. The van der Waals surface area contributed by atoms with E-state index in [1.807, 2.05) is 6.07 Å². The highest BCUT2D eigenvalue weighted by molar-refractivity contribution is 7.87. The molecular formula is C17H28ClN3O3SSi-. The van der Waals surface area contributed by atoms with Crippen LogP contribution in [0.15, 0.2) is 18.3 Å². The number of halogens is 1. The van der Waals surface area contributed by atoms with E-state index in [0.29, 0.717) is 24.2 Å². The van der Waals surface area contributed by atoms with Gasteiger partial charge in [-0.1, -0.05) is 32.4 Å². The first-order valence-corrected chi connectivity index (χ1v) is 13.2. The summed E-state index contributed by atoms with van der Waals surface area (Å²) in [5.74, 6) is 0. The smallest absolute Gasteiger partial charge is 0.307 e. The van der Waals surface area contributed by atoms with Crippen molar-refractivity contribution in [3.05, 3.63) is 29.2 Å². The molecule has 0 aliphatic rings. The molecule has 0 spiro atoms. The monoisotopic (exact) mass is 417 g/mol. The van der Waals surface area contributed by atoms with Gasteiger partial charge in [-0.2, -0.15) is 12.7 Å². The Kier molecular flexibility index (Phi) is 5.95. The van der Waals surface area contributed by atoms with Crippen LogP contribution < -0.4 is 0 Å². The summed E-state index contributed by atoms with van der Waals surface area (Å²) in [4.78, 5) is 4.06. The van der Waals surface area contributed by atoms with Crippen LogP contribution >= 0.6 is 11.6 Å². The van der Waals surface area contributed by atoms with Crippen molar-refractivity contribution >= 4 is 41.0 Å². The number of rotatable bonds is 6. The second-order valence-electron chi connectivity index (χ2n) is 8.11. The van der Waals surface area contributed by atoms with Gasteiger partial charge in [0.15, 0.2) is 0 Å².